The minimum atomic E-state index is -3.92. The van der Waals surface area contributed by atoms with E-state index in [-0.39, 0.29) is 10.8 Å². The summed E-state index contributed by atoms with van der Waals surface area (Å²) in [5.41, 5.74) is 0. The van der Waals surface area contributed by atoms with Crippen molar-refractivity contribution in [2.75, 3.05) is 0 Å². The maximum absolute atomic E-state index is 12.2. The molecule has 9 heteroatoms. The third-order valence-corrected chi connectivity index (χ3v) is 5.43. The van der Waals surface area contributed by atoms with Crippen LogP contribution in [0.3, 0.4) is 0 Å². The van der Waals surface area contributed by atoms with E-state index in [1.807, 2.05) is 0 Å². The molecule has 0 aliphatic carbocycles. The summed E-state index contributed by atoms with van der Waals surface area (Å²) in [7, 11) is -3.92. The first kappa shape index (κ1) is 20.4. The monoisotopic (exact) mass is 376 g/mol. The zero-order chi connectivity index (χ0) is 18.5. The molecule has 1 amide bonds. The maximum atomic E-state index is 12.2. The molecule has 24 heavy (non-hydrogen) atoms. The summed E-state index contributed by atoms with van der Waals surface area (Å²) >= 11 is 5.71. The number of amides is 1. The normalized spacial score (nSPS) is 15.3. The summed E-state index contributed by atoms with van der Waals surface area (Å²) in [4.78, 5) is 23.3. The molecule has 1 aromatic carbocycles. The molecule has 0 aromatic heterocycles. The van der Waals surface area contributed by atoms with E-state index in [9.17, 15) is 23.1 Å². The van der Waals surface area contributed by atoms with E-state index >= 15 is 0 Å². The van der Waals surface area contributed by atoms with Crippen LogP contribution >= 0.6 is 11.6 Å². The van der Waals surface area contributed by atoms with Gasteiger partial charge in [0.25, 0.3) is 0 Å². The van der Waals surface area contributed by atoms with Gasteiger partial charge in [-0.2, -0.15) is 4.72 Å². The molecule has 3 N–H and O–H groups in total. The van der Waals surface area contributed by atoms with Gasteiger partial charge in [-0.3, -0.25) is 4.79 Å². The highest BCUT2D eigenvalue weighted by atomic mass is 35.5. The molecular weight excluding hydrogens is 356 g/mol. The Morgan fingerprint density at radius 2 is 1.75 bits per heavy atom. The van der Waals surface area contributed by atoms with E-state index in [0.717, 1.165) is 0 Å². The fraction of sp³-hybridized carbons (Fsp3) is 0.467. The lowest BCUT2D eigenvalue weighted by Crippen LogP contribution is -2.52. The molecule has 0 spiro atoms. The van der Waals surface area contributed by atoms with E-state index in [2.05, 4.69) is 10.0 Å². The van der Waals surface area contributed by atoms with Gasteiger partial charge in [-0.15, -0.1) is 0 Å². The fourth-order valence-electron chi connectivity index (χ4n) is 1.93. The van der Waals surface area contributed by atoms with Crippen LogP contribution in [0.5, 0.6) is 0 Å². The quantitative estimate of drug-likeness (QED) is 0.638. The van der Waals surface area contributed by atoms with Crippen LogP contribution in [0, 0.1) is 5.92 Å². The second-order valence-electron chi connectivity index (χ2n) is 5.51. The van der Waals surface area contributed by atoms with E-state index in [0.29, 0.717) is 11.4 Å². The highest BCUT2D eigenvalue weighted by Crippen LogP contribution is 2.14. The Balaban J connectivity index is 2.82. The largest absolute Gasteiger partial charge is 0.480 e. The molecule has 1 rings (SSSR count). The smallest absolute Gasteiger partial charge is 0.326 e. The summed E-state index contributed by atoms with van der Waals surface area (Å²) in [5.74, 6) is -2.16. The van der Waals surface area contributed by atoms with Crippen LogP contribution in [0.15, 0.2) is 29.2 Å². The average molecular weight is 377 g/mol. The van der Waals surface area contributed by atoms with E-state index in [1.165, 1.54) is 31.2 Å². The van der Waals surface area contributed by atoms with Gasteiger partial charge in [0.2, 0.25) is 15.9 Å². The molecule has 0 saturated carbocycles. The standard InChI is InChI=1S/C15H21ClN2O5S/c1-4-9(2)13(15(20)21)17-14(19)10(3)18-24(22,23)12-7-5-11(16)6-8-12/h5-10,13,18H,4H2,1-3H3,(H,17,19)(H,20,21)/t9-,10?,13-/m0/s1. The number of carboxylic acids is 1. The number of nitrogens with one attached hydrogen (secondary N) is 2. The zero-order valence-electron chi connectivity index (χ0n) is 13.6. The van der Waals surface area contributed by atoms with Crippen molar-refractivity contribution in [1.29, 1.82) is 0 Å². The SMILES string of the molecule is CC[C@H](C)[C@H](NC(=O)C(C)NS(=O)(=O)c1ccc(Cl)cc1)C(=O)O. The van der Waals surface area contributed by atoms with Crippen molar-refractivity contribution in [3.8, 4) is 0 Å². The lowest BCUT2D eigenvalue weighted by Gasteiger charge is -2.22. The Kier molecular flexibility index (Phi) is 7.19. The first-order valence-electron chi connectivity index (χ1n) is 7.39. The van der Waals surface area contributed by atoms with Crippen molar-refractivity contribution in [3.63, 3.8) is 0 Å². The van der Waals surface area contributed by atoms with Gasteiger partial charge in [-0.05, 0) is 37.1 Å². The molecule has 0 fully saturated rings. The van der Waals surface area contributed by atoms with Crippen molar-refractivity contribution < 1.29 is 23.1 Å². The number of benzene rings is 1. The van der Waals surface area contributed by atoms with Crippen LogP contribution < -0.4 is 10.0 Å². The molecule has 0 aliphatic rings. The van der Waals surface area contributed by atoms with Gasteiger partial charge in [0, 0.05) is 5.02 Å². The zero-order valence-corrected chi connectivity index (χ0v) is 15.2. The Morgan fingerprint density at radius 1 is 1.21 bits per heavy atom. The van der Waals surface area contributed by atoms with E-state index < -0.39 is 34.0 Å². The third-order valence-electron chi connectivity index (χ3n) is 3.63. The van der Waals surface area contributed by atoms with E-state index in [1.54, 1.807) is 13.8 Å². The van der Waals surface area contributed by atoms with Gasteiger partial charge < -0.3 is 10.4 Å². The van der Waals surface area contributed by atoms with Gasteiger partial charge in [0.1, 0.15) is 6.04 Å². The average Bonchev–Trinajstić information content (AvgIpc) is 2.51. The van der Waals surface area contributed by atoms with Crippen LogP contribution in [-0.4, -0.2) is 37.5 Å². The molecule has 0 saturated heterocycles. The van der Waals surface area contributed by atoms with Crippen molar-refractivity contribution in [3.05, 3.63) is 29.3 Å². The lowest BCUT2D eigenvalue weighted by atomic mass is 9.99. The molecule has 0 radical (unpaired) electrons. The first-order valence-corrected chi connectivity index (χ1v) is 9.25. The van der Waals surface area contributed by atoms with Gasteiger partial charge in [0.15, 0.2) is 0 Å². The molecular formula is C15H21ClN2O5S. The van der Waals surface area contributed by atoms with Crippen molar-refractivity contribution >= 4 is 33.5 Å². The van der Waals surface area contributed by atoms with Crippen LogP contribution in [0.25, 0.3) is 0 Å². The molecule has 1 aromatic rings. The number of sulfonamides is 1. The van der Waals surface area contributed by atoms with Crippen LogP contribution in [0.4, 0.5) is 0 Å². The molecule has 3 atom stereocenters. The highest BCUT2D eigenvalue weighted by molar-refractivity contribution is 7.89. The van der Waals surface area contributed by atoms with Gasteiger partial charge in [-0.1, -0.05) is 31.9 Å². The van der Waals surface area contributed by atoms with Gasteiger partial charge >= 0.3 is 5.97 Å². The van der Waals surface area contributed by atoms with Crippen LogP contribution in [-0.2, 0) is 19.6 Å². The molecule has 134 valence electrons. The van der Waals surface area contributed by atoms with Crippen LogP contribution in [0.2, 0.25) is 5.02 Å². The third kappa shape index (κ3) is 5.47. The number of rotatable bonds is 8. The summed E-state index contributed by atoms with van der Waals surface area (Å²) in [5, 5.41) is 11.9. The number of carbonyl (C=O) groups excluding carboxylic acids is 1. The Hall–Kier alpha value is -1.64. The van der Waals surface area contributed by atoms with Gasteiger partial charge in [-0.25, -0.2) is 13.2 Å². The van der Waals surface area contributed by atoms with Crippen molar-refractivity contribution in [2.24, 2.45) is 5.92 Å². The molecule has 0 aliphatic heterocycles. The fourth-order valence-corrected chi connectivity index (χ4v) is 3.26. The summed E-state index contributed by atoms with van der Waals surface area (Å²) < 4.78 is 26.7. The lowest BCUT2D eigenvalue weighted by molar-refractivity contribution is -0.143. The number of aliphatic carboxylic acids is 1. The second kappa shape index (κ2) is 8.46. The van der Waals surface area contributed by atoms with Crippen LogP contribution in [0.1, 0.15) is 27.2 Å². The Bertz CT molecular complexity index is 690. The molecule has 7 nitrogen and oxygen atoms in total. The number of halogens is 1. The van der Waals surface area contributed by atoms with Crippen molar-refractivity contribution in [1.82, 2.24) is 10.0 Å². The van der Waals surface area contributed by atoms with Crippen molar-refractivity contribution in [2.45, 2.75) is 44.2 Å². The summed E-state index contributed by atoms with van der Waals surface area (Å²) in [6, 6.07) is 3.26. The minimum absolute atomic E-state index is 0.0386. The summed E-state index contributed by atoms with van der Waals surface area (Å²) in [6.07, 6.45) is 0.558. The number of hydrogen-bond acceptors (Lipinski definition) is 4. The van der Waals surface area contributed by atoms with E-state index in [4.69, 9.17) is 11.6 Å². The Labute approximate surface area is 146 Å². The topological polar surface area (TPSA) is 113 Å². The molecule has 0 bridgehead atoms. The van der Waals surface area contributed by atoms with Gasteiger partial charge in [0.05, 0.1) is 10.9 Å². The predicted molar refractivity (Wildman–Crippen MR) is 90.3 cm³/mol. The predicted octanol–water partition coefficient (Wildman–Crippen LogP) is 1.62. The minimum Gasteiger partial charge on any atom is -0.480 e. The maximum Gasteiger partial charge on any atom is 0.326 e. The first-order chi connectivity index (χ1) is 11.1. The number of carbonyl (C=O) groups is 2. The Morgan fingerprint density at radius 3 is 2.21 bits per heavy atom. The summed E-state index contributed by atoms with van der Waals surface area (Å²) in [6.45, 7) is 4.85. The second-order valence-corrected chi connectivity index (χ2v) is 7.66. The highest BCUT2D eigenvalue weighted by Gasteiger charge is 2.29. The number of carboxylic acid groups (broad SMARTS) is 1. The molecule has 1 unspecified atom stereocenters. The molecule has 0 heterocycles. The number of hydrogen-bond donors (Lipinski definition) is 3.